The molecule has 1 N–H and O–H groups in total. The molecule has 21 heavy (non-hydrogen) atoms. The number of aromatic nitrogens is 2. The van der Waals surface area contributed by atoms with Crippen LogP contribution in [0.5, 0.6) is 5.75 Å². The second-order valence-corrected chi connectivity index (χ2v) is 5.22. The van der Waals surface area contributed by atoms with Crippen LogP contribution in [0.25, 0.3) is 0 Å². The van der Waals surface area contributed by atoms with Crippen LogP contribution >= 0.6 is 0 Å². The average molecular weight is 285 g/mol. The standard InChI is InChI=1S/C17H23N3O/c1-4-9-20-17(15-12-18-10-11-19-15)14-7-5-6-8-16(14)21-13(2)3/h5-8,10-13,17,20H,4,9H2,1-3H3. The Kier molecular flexibility index (Phi) is 5.69. The molecule has 1 atom stereocenters. The SMILES string of the molecule is CCCNC(c1cnccn1)c1ccccc1OC(C)C. The van der Waals surface area contributed by atoms with E-state index in [-0.39, 0.29) is 12.1 Å². The molecule has 2 rings (SSSR count). The van der Waals surface area contributed by atoms with E-state index in [0.717, 1.165) is 30.0 Å². The van der Waals surface area contributed by atoms with Crippen LogP contribution in [0.1, 0.15) is 44.5 Å². The summed E-state index contributed by atoms with van der Waals surface area (Å²) in [5.41, 5.74) is 2.01. The zero-order valence-electron chi connectivity index (χ0n) is 12.9. The highest BCUT2D eigenvalue weighted by Crippen LogP contribution is 2.29. The Balaban J connectivity index is 2.37. The van der Waals surface area contributed by atoms with Crippen molar-refractivity contribution < 1.29 is 4.74 Å². The summed E-state index contributed by atoms with van der Waals surface area (Å²) in [5, 5.41) is 3.53. The number of hydrogen-bond donors (Lipinski definition) is 1. The van der Waals surface area contributed by atoms with Gasteiger partial charge in [-0.1, -0.05) is 25.1 Å². The summed E-state index contributed by atoms with van der Waals surface area (Å²) in [4.78, 5) is 8.63. The quantitative estimate of drug-likeness (QED) is 0.847. The lowest BCUT2D eigenvalue weighted by Crippen LogP contribution is -2.25. The normalized spacial score (nSPS) is 12.4. The van der Waals surface area contributed by atoms with E-state index >= 15 is 0 Å². The van der Waals surface area contributed by atoms with Crippen molar-refractivity contribution in [1.82, 2.24) is 15.3 Å². The van der Waals surface area contributed by atoms with Crippen molar-refractivity contribution in [2.24, 2.45) is 0 Å². The molecule has 0 amide bonds. The van der Waals surface area contributed by atoms with Gasteiger partial charge in [0.05, 0.1) is 24.0 Å². The molecule has 2 aromatic rings. The summed E-state index contributed by atoms with van der Waals surface area (Å²) in [6.07, 6.45) is 6.42. The molecular weight excluding hydrogens is 262 g/mol. The zero-order valence-corrected chi connectivity index (χ0v) is 12.9. The van der Waals surface area contributed by atoms with Crippen molar-refractivity contribution in [2.45, 2.75) is 39.3 Å². The molecule has 0 fully saturated rings. The lowest BCUT2D eigenvalue weighted by atomic mass is 10.0. The van der Waals surface area contributed by atoms with Gasteiger partial charge >= 0.3 is 0 Å². The monoisotopic (exact) mass is 285 g/mol. The molecule has 1 heterocycles. The predicted octanol–water partition coefficient (Wildman–Crippen LogP) is 3.35. The molecule has 0 bridgehead atoms. The molecule has 0 spiro atoms. The summed E-state index contributed by atoms with van der Waals surface area (Å²) in [5.74, 6) is 0.895. The Bertz CT molecular complexity index is 543. The van der Waals surface area contributed by atoms with Crippen LogP contribution in [-0.4, -0.2) is 22.6 Å². The van der Waals surface area contributed by atoms with E-state index in [4.69, 9.17) is 4.74 Å². The van der Waals surface area contributed by atoms with Gasteiger partial charge in [-0.15, -0.1) is 0 Å². The third-order valence-electron chi connectivity index (χ3n) is 3.07. The Morgan fingerprint density at radius 3 is 2.67 bits per heavy atom. The van der Waals surface area contributed by atoms with Crippen LogP contribution in [0.3, 0.4) is 0 Å². The van der Waals surface area contributed by atoms with Gasteiger partial charge < -0.3 is 10.1 Å². The number of ether oxygens (including phenoxy) is 1. The highest BCUT2D eigenvalue weighted by atomic mass is 16.5. The van der Waals surface area contributed by atoms with E-state index in [1.54, 1.807) is 18.6 Å². The van der Waals surface area contributed by atoms with Gasteiger partial charge in [-0.25, -0.2) is 0 Å². The van der Waals surface area contributed by atoms with Gasteiger partial charge in [-0.2, -0.15) is 0 Å². The van der Waals surface area contributed by atoms with Gasteiger partial charge in [-0.05, 0) is 32.9 Å². The average Bonchev–Trinajstić information content (AvgIpc) is 2.50. The van der Waals surface area contributed by atoms with Crippen LogP contribution in [0.4, 0.5) is 0 Å². The second kappa shape index (κ2) is 7.74. The number of nitrogens with zero attached hydrogens (tertiary/aromatic N) is 2. The highest BCUT2D eigenvalue weighted by Gasteiger charge is 2.19. The van der Waals surface area contributed by atoms with Crippen molar-refractivity contribution in [1.29, 1.82) is 0 Å². The van der Waals surface area contributed by atoms with Crippen molar-refractivity contribution in [3.8, 4) is 5.75 Å². The van der Waals surface area contributed by atoms with E-state index < -0.39 is 0 Å². The fourth-order valence-corrected chi connectivity index (χ4v) is 2.20. The summed E-state index contributed by atoms with van der Waals surface area (Å²) >= 11 is 0. The molecule has 4 heteroatoms. The minimum atomic E-state index is -0.00593. The lowest BCUT2D eigenvalue weighted by Gasteiger charge is -2.22. The van der Waals surface area contributed by atoms with E-state index in [0.29, 0.717) is 0 Å². The molecule has 1 aromatic carbocycles. The van der Waals surface area contributed by atoms with Crippen LogP contribution in [0.2, 0.25) is 0 Å². The van der Waals surface area contributed by atoms with Crippen LogP contribution in [-0.2, 0) is 0 Å². The highest BCUT2D eigenvalue weighted by molar-refractivity contribution is 5.39. The van der Waals surface area contributed by atoms with Gasteiger partial charge in [0.2, 0.25) is 0 Å². The van der Waals surface area contributed by atoms with Crippen LogP contribution in [0.15, 0.2) is 42.9 Å². The molecule has 4 nitrogen and oxygen atoms in total. The molecule has 0 aliphatic rings. The molecule has 0 aliphatic carbocycles. The summed E-state index contributed by atoms with van der Waals surface area (Å²) in [7, 11) is 0. The topological polar surface area (TPSA) is 47.0 Å². The van der Waals surface area contributed by atoms with E-state index in [1.165, 1.54) is 0 Å². The number of benzene rings is 1. The Morgan fingerprint density at radius 2 is 2.00 bits per heavy atom. The fourth-order valence-electron chi connectivity index (χ4n) is 2.20. The third kappa shape index (κ3) is 4.26. The first-order chi connectivity index (χ1) is 10.2. The summed E-state index contributed by atoms with van der Waals surface area (Å²) in [6, 6.07) is 8.11. The Hall–Kier alpha value is -1.94. The van der Waals surface area contributed by atoms with Crippen molar-refractivity contribution in [2.75, 3.05) is 6.54 Å². The van der Waals surface area contributed by atoms with Crippen molar-refractivity contribution in [3.05, 3.63) is 54.1 Å². The van der Waals surface area contributed by atoms with E-state index in [1.807, 2.05) is 32.0 Å². The Morgan fingerprint density at radius 1 is 1.19 bits per heavy atom. The molecular formula is C17H23N3O. The largest absolute Gasteiger partial charge is 0.491 e. The molecule has 0 saturated carbocycles. The predicted molar refractivity (Wildman–Crippen MR) is 84.4 cm³/mol. The first kappa shape index (κ1) is 15.4. The third-order valence-corrected chi connectivity index (χ3v) is 3.07. The van der Waals surface area contributed by atoms with Gasteiger partial charge in [0.1, 0.15) is 5.75 Å². The van der Waals surface area contributed by atoms with Crippen molar-refractivity contribution in [3.63, 3.8) is 0 Å². The molecule has 1 aromatic heterocycles. The first-order valence-corrected chi connectivity index (χ1v) is 7.47. The van der Waals surface area contributed by atoms with Gasteiger partial charge in [0.15, 0.2) is 0 Å². The number of hydrogen-bond acceptors (Lipinski definition) is 4. The maximum absolute atomic E-state index is 5.94. The molecule has 0 radical (unpaired) electrons. The maximum atomic E-state index is 5.94. The second-order valence-electron chi connectivity index (χ2n) is 5.22. The van der Waals surface area contributed by atoms with Crippen molar-refractivity contribution >= 4 is 0 Å². The first-order valence-electron chi connectivity index (χ1n) is 7.47. The molecule has 112 valence electrons. The zero-order chi connectivity index (χ0) is 15.1. The molecule has 0 aliphatic heterocycles. The van der Waals surface area contributed by atoms with Gasteiger partial charge in [0, 0.05) is 18.0 Å². The Labute approximate surface area is 126 Å². The van der Waals surface area contributed by atoms with Gasteiger partial charge in [-0.3, -0.25) is 9.97 Å². The number of para-hydroxylation sites is 1. The summed E-state index contributed by atoms with van der Waals surface area (Å²) in [6.45, 7) is 7.13. The smallest absolute Gasteiger partial charge is 0.124 e. The van der Waals surface area contributed by atoms with E-state index in [9.17, 15) is 0 Å². The molecule has 1 unspecified atom stereocenters. The fraction of sp³-hybridized carbons (Fsp3) is 0.412. The lowest BCUT2D eigenvalue weighted by molar-refractivity contribution is 0.238. The maximum Gasteiger partial charge on any atom is 0.124 e. The number of rotatable bonds is 7. The molecule has 0 saturated heterocycles. The van der Waals surface area contributed by atoms with E-state index in [2.05, 4.69) is 28.3 Å². The minimum Gasteiger partial charge on any atom is -0.491 e. The van der Waals surface area contributed by atoms with Gasteiger partial charge in [0.25, 0.3) is 0 Å². The minimum absolute atomic E-state index is 0.00593. The number of nitrogens with one attached hydrogen (secondary N) is 1. The summed E-state index contributed by atoms with van der Waals surface area (Å²) < 4.78 is 5.94. The van der Waals surface area contributed by atoms with Crippen LogP contribution < -0.4 is 10.1 Å². The van der Waals surface area contributed by atoms with Crippen LogP contribution in [0, 0.1) is 0 Å².